The number of aromatic nitrogens is 3. The van der Waals surface area contributed by atoms with Crippen LogP contribution >= 0.6 is 0 Å². The Morgan fingerprint density at radius 1 is 1.56 bits per heavy atom. The Morgan fingerprint density at radius 2 is 2.44 bits per heavy atom. The molecule has 4 nitrogen and oxygen atoms in total. The fourth-order valence-electron chi connectivity index (χ4n) is 1.54. The van der Waals surface area contributed by atoms with Crippen LogP contribution in [0.5, 0.6) is 0 Å². The number of hydrogen-bond donors (Lipinski definition) is 1. The Bertz CT molecular complexity index is 509. The summed E-state index contributed by atoms with van der Waals surface area (Å²) in [6, 6.07) is 4.05. The van der Waals surface area contributed by atoms with Crippen LogP contribution in [-0.2, 0) is 0 Å². The van der Waals surface area contributed by atoms with E-state index in [2.05, 4.69) is 28.2 Å². The molecule has 0 spiro atoms. The van der Waals surface area contributed by atoms with Gasteiger partial charge in [0.15, 0.2) is 5.65 Å². The molecule has 0 aromatic carbocycles. The van der Waals surface area contributed by atoms with Gasteiger partial charge in [-0.3, -0.25) is 0 Å². The van der Waals surface area contributed by atoms with Crippen molar-refractivity contribution in [1.82, 2.24) is 14.6 Å². The van der Waals surface area contributed by atoms with Crippen LogP contribution in [0.4, 0.5) is 5.82 Å². The molecular weight excluding hydrogens is 200 g/mol. The van der Waals surface area contributed by atoms with Gasteiger partial charge >= 0.3 is 0 Å². The van der Waals surface area contributed by atoms with Gasteiger partial charge in [-0.2, -0.15) is 5.10 Å². The molecule has 1 N–H and O–H groups in total. The normalized spacial score (nSPS) is 12.2. The lowest BCUT2D eigenvalue weighted by Gasteiger charge is -2.14. The molecule has 2 rings (SSSR count). The highest BCUT2D eigenvalue weighted by molar-refractivity contribution is 5.45. The number of terminal acetylenes is 1. The van der Waals surface area contributed by atoms with Gasteiger partial charge in [-0.1, -0.05) is 6.92 Å². The standard InChI is InChI=1S/C12H14N4/c1-3-5-10(4-2)14-11-7-9-16-12(15-11)6-8-13-16/h1,6-10H,4-5H2,2H3,(H,14,15). The third kappa shape index (κ3) is 2.14. The van der Waals surface area contributed by atoms with Gasteiger partial charge in [-0.25, -0.2) is 9.50 Å². The Morgan fingerprint density at radius 3 is 3.19 bits per heavy atom. The average molecular weight is 214 g/mol. The van der Waals surface area contributed by atoms with Gasteiger partial charge in [-0.15, -0.1) is 12.3 Å². The highest BCUT2D eigenvalue weighted by Gasteiger charge is 2.05. The first-order chi connectivity index (χ1) is 7.83. The SMILES string of the molecule is C#CCC(CC)Nc1ccn2nccc2n1. The maximum Gasteiger partial charge on any atom is 0.157 e. The second-order valence-corrected chi connectivity index (χ2v) is 3.60. The second kappa shape index (κ2) is 4.67. The van der Waals surface area contributed by atoms with E-state index in [-0.39, 0.29) is 6.04 Å². The van der Waals surface area contributed by atoms with Gasteiger partial charge in [-0.05, 0) is 12.5 Å². The van der Waals surface area contributed by atoms with E-state index < -0.39 is 0 Å². The molecule has 1 unspecified atom stereocenters. The third-order valence-electron chi connectivity index (χ3n) is 2.47. The van der Waals surface area contributed by atoms with Crippen molar-refractivity contribution in [3.8, 4) is 12.3 Å². The third-order valence-corrected chi connectivity index (χ3v) is 2.47. The monoisotopic (exact) mass is 214 g/mol. The summed E-state index contributed by atoms with van der Waals surface area (Å²) < 4.78 is 1.73. The summed E-state index contributed by atoms with van der Waals surface area (Å²) in [7, 11) is 0. The van der Waals surface area contributed by atoms with Crippen LogP contribution in [0.1, 0.15) is 19.8 Å². The van der Waals surface area contributed by atoms with E-state index in [0.717, 1.165) is 17.9 Å². The van der Waals surface area contributed by atoms with Crippen LogP contribution in [0.3, 0.4) is 0 Å². The summed E-state index contributed by atoms with van der Waals surface area (Å²) in [5.41, 5.74) is 0.834. The molecule has 1 atom stereocenters. The van der Waals surface area contributed by atoms with Crippen molar-refractivity contribution in [1.29, 1.82) is 0 Å². The van der Waals surface area contributed by atoms with Gasteiger partial charge in [0.1, 0.15) is 5.82 Å². The van der Waals surface area contributed by atoms with Crippen molar-refractivity contribution in [2.75, 3.05) is 5.32 Å². The van der Waals surface area contributed by atoms with Crippen LogP contribution in [0, 0.1) is 12.3 Å². The highest BCUT2D eigenvalue weighted by atomic mass is 15.2. The molecule has 2 heterocycles. The van der Waals surface area contributed by atoms with Crippen molar-refractivity contribution in [2.24, 2.45) is 0 Å². The van der Waals surface area contributed by atoms with E-state index in [4.69, 9.17) is 6.42 Å². The van der Waals surface area contributed by atoms with Crippen LogP contribution in [0.15, 0.2) is 24.5 Å². The quantitative estimate of drug-likeness (QED) is 0.791. The Hall–Kier alpha value is -2.02. The predicted octanol–water partition coefficient (Wildman–Crippen LogP) is 1.94. The average Bonchev–Trinajstić information content (AvgIpc) is 2.75. The summed E-state index contributed by atoms with van der Waals surface area (Å²) in [5, 5.41) is 7.41. The number of hydrogen-bond acceptors (Lipinski definition) is 3. The number of anilines is 1. The number of nitrogens with zero attached hydrogens (tertiary/aromatic N) is 3. The lowest BCUT2D eigenvalue weighted by Crippen LogP contribution is -2.18. The first-order valence-electron chi connectivity index (χ1n) is 5.34. The van der Waals surface area contributed by atoms with Gasteiger partial charge in [0.05, 0.1) is 6.20 Å². The minimum Gasteiger partial charge on any atom is -0.366 e. The zero-order chi connectivity index (χ0) is 11.4. The second-order valence-electron chi connectivity index (χ2n) is 3.60. The maximum absolute atomic E-state index is 5.31. The van der Waals surface area contributed by atoms with Gasteiger partial charge in [0.25, 0.3) is 0 Å². The summed E-state index contributed by atoms with van der Waals surface area (Å²) in [4.78, 5) is 4.43. The molecule has 16 heavy (non-hydrogen) atoms. The van der Waals surface area contributed by atoms with Crippen molar-refractivity contribution in [3.63, 3.8) is 0 Å². The largest absolute Gasteiger partial charge is 0.366 e. The number of nitrogens with one attached hydrogen (secondary N) is 1. The van der Waals surface area contributed by atoms with Crippen molar-refractivity contribution in [2.45, 2.75) is 25.8 Å². The molecule has 0 bridgehead atoms. The smallest absolute Gasteiger partial charge is 0.157 e. The number of rotatable bonds is 4. The molecule has 4 heteroatoms. The fraction of sp³-hybridized carbons (Fsp3) is 0.333. The molecule has 0 radical (unpaired) electrons. The van der Waals surface area contributed by atoms with Gasteiger partial charge < -0.3 is 5.32 Å². The van der Waals surface area contributed by atoms with Gasteiger partial charge in [0, 0.05) is 24.7 Å². The van der Waals surface area contributed by atoms with Crippen molar-refractivity contribution < 1.29 is 0 Å². The lowest BCUT2D eigenvalue weighted by atomic mass is 10.1. The van der Waals surface area contributed by atoms with Crippen LogP contribution in [0.25, 0.3) is 5.65 Å². The van der Waals surface area contributed by atoms with E-state index in [1.54, 1.807) is 10.7 Å². The zero-order valence-corrected chi connectivity index (χ0v) is 9.22. The Kier molecular flexibility index (Phi) is 3.06. The van der Waals surface area contributed by atoms with Crippen LogP contribution < -0.4 is 5.32 Å². The van der Waals surface area contributed by atoms with E-state index >= 15 is 0 Å². The molecule has 0 aliphatic heterocycles. The van der Waals surface area contributed by atoms with Crippen molar-refractivity contribution in [3.05, 3.63) is 24.5 Å². The van der Waals surface area contributed by atoms with Gasteiger partial charge in [0.2, 0.25) is 0 Å². The first-order valence-corrected chi connectivity index (χ1v) is 5.34. The minimum absolute atomic E-state index is 0.280. The van der Waals surface area contributed by atoms with Crippen LogP contribution in [0.2, 0.25) is 0 Å². The molecule has 0 aliphatic rings. The summed E-state index contributed by atoms with van der Waals surface area (Å²) in [5.74, 6) is 3.51. The first kappa shape index (κ1) is 10.5. The maximum atomic E-state index is 5.31. The molecule has 0 saturated carbocycles. The summed E-state index contributed by atoms with van der Waals surface area (Å²) >= 11 is 0. The van der Waals surface area contributed by atoms with E-state index in [1.807, 2.05) is 18.3 Å². The molecular formula is C12H14N4. The minimum atomic E-state index is 0.280. The number of fused-ring (bicyclic) bond motifs is 1. The molecule has 82 valence electrons. The fourth-order valence-corrected chi connectivity index (χ4v) is 1.54. The Balaban J connectivity index is 2.17. The molecule has 2 aromatic heterocycles. The lowest BCUT2D eigenvalue weighted by molar-refractivity contribution is 0.711. The molecule has 0 fully saturated rings. The zero-order valence-electron chi connectivity index (χ0n) is 9.22. The summed E-state index contributed by atoms with van der Waals surface area (Å²) in [6.07, 6.45) is 10.6. The molecule has 0 amide bonds. The topological polar surface area (TPSA) is 42.2 Å². The summed E-state index contributed by atoms with van der Waals surface area (Å²) in [6.45, 7) is 2.10. The van der Waals surface area contributed by atoms with Crippen molar-refractivity contribution >= 4 is 11.5 Å². The van der Waals surface area contributed by atoms with E-state index in [1.165, 1.54) is 0 Å². The van der Waals surface area contributed by atoms with Crippen LogP contribution in [-0.4, -0.2) is 20.6 Å². The molecule has 0 saturated heterocycles. The Labute approximate surface area is 94.7 Å². The predicted molar refractivity (Wildman–Crippen MR) is 64.1 cm³/mol. The van der Waals surface area contributed by atoms with E-state index in [9.17, 15) is 0 Å². The van der Waals surface area contributed by atoms with E-state index in [0.29, 0.717) is 6.42 Å². The molecule has 2 aromatic rings. The highest BCUT2D eigenvalue weighted by Crippen LogP contribution is 2.10. The molecule has 0 aliphatic carbocycles.